The first kappa shape index (κ1) is 20.8. The molecule has 2 unspecified atom stereocenters. The topological polar surface area (TPSA) is 52.6 Å². The van der Waals surface area contributed by atoms with Gasteiger partial charge in [0.05, 0.1) is 13.2 Å². The molecule has 0 saturated carbocycles. The van der Waals surface area contributed by atoms with Crippen molar-refractivity contribution in [1.29, 1.82) is 0 Å². The Morgan fingerprint density at radius 2 is 1.67 bits per heavy atom. The third-order valence-corrected chi connectivity index (χ3v) is 5.45. The molecule has 0 saturated heterocycles. The van der Waals surface area contributed by atoms with E-state index in [2.05, 4.69) is 13.8 Å². The number of rotatable bonds is 12. The molecule has 134 valence electrons. The Labute approximate surface area is 146 Å². The second-order valence-corrected chi connectivity index (χ2v) is 7.72. The predicted octanol–water partition coefficient (Wildman–Crippen LogP) is 5.04. The molecular weight excluding hydrogens is 323 g/mol. The lowest BCUT2D eigenvalue weighted by Gasteiger charge is -2.07. The van der Waals surface area contributed by atoms with E-state index in [1.165, 1.54) is 0 Å². The molecule has 0 radical (unpaired) electrons. The van der Waals surface area contributed by atoms with Gasteiger partial charge < -0.3 is 9.47 Å². The van der Waals surface area contributed by atoms with Gasteiger partial charge in [0.25, 0.3) is 5.85 Å². The maximum Gasteiger partial charge on any atom is 0.409 e. The molecule has 5 heteroatoms. The molecule has 2 atom stereocenters. The third-order valence-electron chi connectivity index (χ3n) is 3.78. The first-order chi connectivity index (χ1) is 11.6. The van der Waals surface area contributed by atoms with Crippen molar-refractivity contribution < 1.29 is 18.8 Å². The molecule has 4 nitrogen and oxygen atoms in total. The summed E-state index contributed by atoms with van der Waals surface area (Å²) in [4.78, 5) is 12.3. The standard InChI is InChI=1S/C19H30O4P/c1-4-6-10-14-22-16(3)24(21)18-13-9-8-12-17(18)19(20)23-15-11-7-5-2/h8-9,12-13,16H,4-7,10-11,14-15H2,1-3H3/q+1. The smallest absolute Gasteiger partial charge is 0.409 e. The van der Waals surface area contributed by atoms with Crippen molar-refractivity contribution >= 4 is 19.1 Å². The average Bonchev–Trinajstić information content (AvgIpc) is 2.61. The molecule has 0 bridgehead atoms. The second-order valence-electron chi connectivity index (χ2n) is 5.86. The van der Waals surface area contributed by atoms with Crippen molar-refractivity contribution in [2.24, 2.45) is 0 Å². The molecule has 0 spiro atoms. The number of carbonyl (C=O) groups is 1. The van der Waals surface area contributed by atoms with E-state index in [1.54, 1.807) is 31.2 Å². The van der Waals surface area contributed by atoms with Crippen molar-refractivity contribution in [2.75, 3.05) is 13.2 Å². The Morgan fingerprint density at radius 3 is 2.33 bits per heavy atom. The van der Waals surface area contributed by atoms with Crippen molar-refractivity contribution in [3.63, 3.8) is 0 Å². The normalized spacial score (nSPS) is 12.7. The Bertz CT molecular complexity index is 516. The maximum absolute atomic E-state index is 12.7. The van der Waals surface area contributed by atoms with E-state index in [0.717, 1.165) is 38.5 Å². The van der Waals surface area contributed by atoms with E-state index < -0.39 is 19.6 Å². The van der Waals surface area contributed by atoms with Crippen LogP contribution in [-0.4, -0.2) is 25.0 Å². The first-order valence-corrected chi connectivity index (χ1v) is 10.3. The molecule has 1 aromatic rings. The lowest BCUT2D eigenvalue weighted by atomic mass is 10.2. The largest absolute Gasteiger partial charge is 0.462 e. The Morgan fingerprint density at radius 1 is 1.04 bits per heavy atom. The van der Waals surface area contributed by atoms with Gasteiger partial charge in [-0.05, 0) is 25.0 Å². The van der Waals surface area contributed by atoms with E-state index >= 15 is 0 Å². The van der Waals surface area contributed by atoms with Gasteiger partial charge in [-0.15, -0.1) is 0 Å². The van der Waals surface area contributed by atoms with E-state index in [4.69, 9.17) is 9.47 Å². The van der Waals surface area contributed by atoms with Crippen molar-refractivity contribution in [2.45, 2.75) is 65.1 Å². The van der Waals surface area contributed by atoms with Gasteiger partial charge in [0.15, 0.2) is 0 Å². The van der Waals surface area contributed by atoms with Crippen LogP contribution < -0.4 is 5.30 Å². The Kier molecular flexibility index (Phi) is 10.5. The molecule has 24 heavy (non-hydrogen) atoms. The van der Waals surface area contributed by atoms with Crippen molar-refractivity contribution in [3.05, 3.63) is 29.8 Å². The summed E-state index contributed by atoms with van der Waals surface area (Å²) in [7, 11) is -1.81. The molecule has 0 N–H and O–H groups in total. The average molecular weight is 353 g/mol. The highest BCUT2D eigenvalue weighted by molar-refractivity contribution is 7.54. The fourth-order valence-corrected chi connectivity index (χ4v) is 3.57. The van der Waals surface area contributed by atoms with Gasteiger partial charge in [-0.2, -0.15) is 0 Å². The number of benzene rings is 1. The maximum atomic E-state index is 12.7. The summed E-state index contributed by atoms with van der Waals surface area (Å²) in [6.45, 7) is 7.03. The summed E-state index contributed by atoms with van der Waals surface area (Å²) in [5, 5.41) is 0.524. The van der Waals surface area contributed by atoms with Crippen LogP contribution in [0.25, 0.3) is 0 Å². The van der Waals surface area contributed by atoms with Crippen LogP contribution in [0, 0.1) is 0 Å². The van der Waals surface area contributed by atoms with Gasteiger partial charge in [0.1, 0.15) is 5.56 Å². The zero-order valence-corrected chi connectivity index (χ0v) is 16.0. The van der Waals surface area contributed by atoms with E-state index in [0.29, 0.717) is 24.1 Å². The summed E-state index contributed by atoms with van der Waals surface area (Å²) in [6, 6.07) is 6.96. The number of carbonyl (C=O) groups excluding carboxylic acids is 1. The highest BCUT2D eigenvalue weighted by atomic mass is 31.1. The third kappa shape index (κ3) is 7.11. The number of esters is 1. The van der Waals surface area contributed by atoms with Crippen molar-refractivity contribution in [1.82, 2.24) is 0 Å². The molecule has 0 amide bonds. The van der Waals surface area contributed by atoms with E-state index in [1.807, 2.05) is 0 Å². The van der Waals surface area contributed by atoms with Crippen LogP contribution in [-0.2, 0) is 14.0 Å². The fraction of sp³-hybridized carbons (Fsp3) is 0.632. The van der Waals surface area contributed by atoms with Crippen LogP contribution >= 0.6 is 7.80 Å². The highest BCUT2D eigenvalue weighted by Gasteiger charge is 2.34. The summed E-state index contributed by atoms with van der Waals surface area (Å²) in [5.41, 5.74) is 0.388. The van der Waals surface area contributed by atoms with Gasteiger partial charge in [-0.1, -0.05) is 56.2 Å². The van der Waals surface area contributed by atoms with Crippen LogP contribution in [0.15, 0.2) is 24.3 Å². The molecule has 0 fully saturated rings. The minimum Gasteiger partial charge on any atom is -0.462 e. The van der Waals surface area contributed by atoms with Crippen LogP contribution in [0.3, 0.4) is 0 Å². The highest BCUT2D eigenvalue weighted by Crippen LogP contribution is 2.30. The molecule has 1 aromatic carbocycles. The summed E-state index contributed by atoms with van der Waals surface area (Å²) in [5.74, 6) is -0.811. The minimum absolute atomic E-state index is 0.388. The van der Waals surface area contributed by atoms with Crippen LogP contribution in [0.4, 0.5) is 0 Å². The minimum atomic E-state index is -1.81. The van der Waals surface area contributed by atoms with Gasteiger partial charge in [0.2, 0.25) is 5.30 Å². The first-order valence-electron chi connectivity index (χ1n) is 8.95. The molecular formula is C19H30O4P+. The lowest BCUT2D eigenvalue weighted by molar-refractivity contribution is 0.0499. The predicted molar refractivity (Wildman–Crippen MR) is 98.4 cm³/mol. The number of ether oxygens (including phenoxy) is 2. The number of unbranched alkanes of at least 4 members (excludes halogenated alkanes) is 4. The Balaban J connectivity index is 2.66. The Hall–Kier alpha value is -1.25. The van der Waals surface area contributed by atoms with Gasteiger partial charge in [0, 0.05) is 6.92 Å². The van der Waals surface area contributed by atoms with Gasteiger partial charge >= 0.3 is 13.8 Å². The molecule has 0 aromatic heterocycles. The molecule has 1 rings (SSSR count). The van der Waals surface area contributed by atoms with Crippen LogP contribution in [0.5, 0.6) is 0 Å². The molecule has 0 aliphatic carbocycles. The molecule has 0 aliphatic heterocycles. The molecule has 0 aliphatic rings. The lowest BCUT2D eigenvalue weighted by Crippen LogP contribution is -2.19. The molecule has 0 heterocycles. The number of hydrogen-bond acceptors (Lipinski definition) is 4. The zero-order chi connectivity index (χ0) is 17.8. The van der Waals surface area contributed by atoms with Gasteiger partial charge in [-0.3, -0.25) is 0 Å². The SMILES string of the molecule is CCCCCOC(=O)c1ccccc1[P+](=O)C(C)OCCCCC. The fourth-order valence-electron chi connectivity index (χ4n) is 2.30. The van der Waals surface area contributed by atoms with Crippen LogP contribution in [0.2, 0.25) is 0 Å². The quantitative estimate of drug-likeness (QED) is 0.300. The van der Waals surface area contributed by atoms with Crippen molar-refractivity contribution in [3.8, 4) is 0 Å². The summed E-state index contributed by atoms with van der Waals surface area (Å²) in [6.07, 6.45) is 6.15. The van der Waals surface area contributed by atoms with E-state index in [9.17, 15) is 9.36 Å². The second kappa shape index (κ2) is 12.2. The van der Waals surface area contributed by atoms with Crippen LogP contribution in [0.1, 0.15) is 69.7 Å². The van der Waals surface area contributed by atoms with E-state index in [-0.39, 0.29) is 0 Å². The monoisotopic (exact) mass is 353 g/mol. The summed E-state index contributed by atoms with van der Waals surface area (Å²) >= 11 is 0. The zero-order valence-electron chi connectivity index (χ0n) is 15.1. The number of hydrogen-bond donors (Lipinski definition) is 0. The van der Waals surface area contributed by atoms with Gasteiger partial charge in [-0.25, -0.2) is 4.79 Å². The summed E-state index contributed by atoms with van der Waals surface area (Å²) < 4.78 is 23.7.